The lowest BCUT2D eigenvalue weighted by Crippen LogP contribution is -2.29. The number of fused-ring (bicyclic) bond motifs is 1. The normalized spacial score (nSPS) is 12.2. The molecule has 1 unspecified atom stereocenters. The standard InChI is InChI=1S/C16H16N4O2S/c1-11(12-3-2-6-17-9-12)19-14(21)4-7-20-10-18-15-13(16(20)22)5-8-23-15/h2-3,5-6,8-11H,4,7H2,1H3,(H,19,21). The van der Waals surface area contributed by atoms with E-state index in [1.54, 1.807) is 18.5 Å². The van der Waals surface area contributed by atoms with E-state index in [1.807, 2.05) is 24.4 Å². The summed E-state index contributed by atoms with van der Waals surface area (Å²) in [6.45, 7) is 2.21. The molecule has 7 heteroatoms. The molecule has 0 fully saturated rings. The number of thiophene rings is 1. The Bertz CT molecular complexity index is 872. The highest BCUT2D eigenvalue weighted by Gasteiger charge is 2.11. The highest BCUT2D eigenvalue weighted by Crippen LogP contribution is 2.13. The predicted molar refractivity (Wildman–Crippen MR) is 89.3 cm³/mol. The molecule has 23 heavy (non-hydrogen) atoms. The third-order valence-electron chi connectivity index (χ3n) is 3.59. The summed E-state index contributed by atoms with van der Waals surface area (Å²) in [5, 5.41) is 5.34. The van der Waals surface area contributed by atoms with Crippen LogP contribution in [-0.2, 0) is 11.3 Å². The van der Waals surface area contributed by atoms with Crippen molar-refractivity contribution in [3.05, 3.63) is 58.2 Å². The van der Waals surface area contributed by atoms with Crippen molar-refractivity contribution in [2.75, 3.05) is 0 Å². The van der Waals surface area contributed by atoms with Crippen LogP contribution in [0.25, 0.3) is 10.2 Å². The summed E-state index contributed by atoms with van der Waals surface area (Å²) in [4.78, 5) is 33.3. The van der Waals surface area contributed by atoms with E-state index in [2.05, 4.69) is 15.3 Å². The number of nitrogens with zero attached hydrogens (tertiary/aromatic N) is 3. The van der Waals surface area contributed by atoms with Crippen molar-refractivity contribution in [1.82, 2.24) is 19.9 Å². The summed E-state index contributed by atoms with van der Waals surface area (Å²) in [7, 11) is 0. The molecule has 0 bridgehead atoms. The molecule has 3 aromatic rings. The lowest BCUT2D eigenvalue weighted by atomic mass is 10.1. The van der Waals surface area contributed by atoms with Crippen molar-refractivity contribution >= 4 is 27.5 Å². The number of hydrogen-bond acceptors (Lipinski definition) is 5. The Kier molecular flexibility index (Phi) is 4.47. The molecule has 0 aliphatic rings. The zero-order chi connectivity index (χ0) is 16.2. The number of aryl methyl sites for hydroxylation is 1. The first-order chi connectivity index (χ1) is 11.1. The van der Waals surface area contributed by atoms with Crippen molar-refractivity contribution in [1.29, 1.82) is 0 Å². The fourth-order valence-electron chi connectivity index (χ4n) is 2.30. The molecule has 3 heterocycles. The van der Waals surface area contributed by atoms with Gasteiger partial charge < -0.3 is 5.32 Å². The highest BCUT2D eigenvalue weighted by atomic mass is 32.1. The molecule has 1 amide bonds. The van der Waals surface area contributed by atoms with Crippen LogP contribution in [0.3, 0.4) is 0 Å². The van der Waals surface area contributed by atoms with Gasteiger partial charge in [-0.25, -0.2) is 4.98 Å². The molecule has 3 aromatic heterocycles. The fourth-order valence-corrected chi connectivity index (χ4v) is 3.03. The molecule has 0 aliphatic carbocycles. The van der Waals surface area contributed by atoms with E-state index in [0.29, 0.717) is 11.9 Å². The summed E-state index contributed by atoms with van der Waals surface area (Å²) in [6.07, 6.45) is 5.14. The van der Waals surface area contributed by atoms with Crippen LogP contribution in [0.4, 0.5) is 0 Å². The Hall–Kier alpha value is -2.54. The van der Waals surface area contributed by atoms with Crippen molar-refractivity contribution in [3.63, 3.8) is 0 Å². The third-order valence-corrected chi connectivity index (χ3v) is 4.41. The summed E-state index contributed by atoms with van der Waals surface area (Å²) < 4.78 is 1.48. The van der Waals surface area contributed by atoms with Gasteiger partial charge in [-0.2, -0.15) is 0 Å². The van der Waals surface area contributed by atoms with Crippen LogP contribution in [0.2, 0.25) is 0 Å². The van der Waals surface area contributed by atoms with Gasteiger partial charge in [0.2, 0.25) is 5.91 Å². The minimum absolute atomic E-state index is 0.107. The second kappa shape index (κ2) is 6.70. The van der Waals surface area contributed by atoms with E-state index in [1.165, 1.54) is 22.2 Å². The largest absolute Gasteiger partial charge is 0.349 e. The zero-order valence-corrected chi connectivity index (χ0v) is 13.4. The van der Waals surface area contributed by atoms with Gasteiger partial charge in [0.15, 0.2) is 0 Å². The lowest BCUT2D eigenvalue weighted by molar-refractivity contribution is -0.121. The molecule has 1 N–H and O–H groups in total. The Morgan fingerprint density at radius 2 is 2.30 bits per heavy atom. The van der Waals surface area contributed by atoms with E-state index in [-0.39, 0.29) is 23.9 Å². The smallest absolute Gasteiger partial charge is 0.262 e. The van der Waals surface area contributed by atoms with E-state index in [4.69, 9.17) is 0 Å². The number of rotatable bonds is 5. The van der Waals surface area contributed by atoms with Gasteiger partial charge in [-0.3, -0.25) is 19.1 Å². The van der Waals surface area contributed by atoms with Gasteiger partial charge in [0.05, 0.1) is 17.8 Å². The molecular weight excluding hydrogens is 312 g/mol. The van der Waals surface area contributed by atoms with Gasteiger partial charge >= 0.3 is 0 Å². The summed E-state index contributed by atoms with van der Waals surface area (Å²) in [5.41, 5.74) is 0.837. The zero-order valence-electron chi connectivity index (χ0n) is 12.6. The number of carbonyl (C=O) groups is 1. The number of carbonyl (C=O) groups excluding carboxylic acids is 1. The third kappa shape index (κ3) is 3.45. The van der Waals surface area contributed by atoms with Crippen LogP contribution in [0, 0.1) is 0 Å². The Morgan fingerprint density at radius 3 is 3.09 bits per heavy atom. The minimum Gasteiger partial charge on any atom is -0.349 e. The van der Waals surface area contributed by atoms with E-state index in [9.17, 15) is 9.59 Å². The average molecular weight is 328 g/mol. The lowest BCUT2D eigenvalue weighted by Gasteiger charge is -2.14. The first-order valence-electron chi connectivity index (χ1n) is 7.27. The molecule has 3 rings (SSSR count). The summed E-state index contributed by atoms with van der Waals surface area (Å²) in [5.74, 6) is -0.112. The SMILES string of the molecule is CC(NC(=O)CCn1cnc2sccc2c1=O)c1cccnc1. The second-order valence-corrected chi connectivity index (χ2v) is 6.10. The van der Waals surface area contributed by atoms with E-state index in [0.717, 1.165) is 10.4 Å². The maximum absolute atomic E-state index is 12.2. The van der Waals surface area contributed by atoms with Gasteiger partial charge in [-0.05, 0) is 30.0 Å². The number of pyridine rings is 1. The van der Waals surface area contributed by atoms with Crippen LogP contribution < -0.4 is 10.9 Å². The molecule has 0 radical (unpaired) electrons. The first-order valence-corrected chi connectivity index (χ1v) is 8.15. The number of nitrogens with one attached hydrogen (secondary N) is 1. The number of hydrogen-bond donors (Lipinski definition) is 1. The molecular formula is C16H16N4O2S. The quantitative estimate of drug-likeness (QED) is 0.778. The number of aromatic nitrogens is 3. The minimum atomic E-state index is -0.120. The van der Waals surface area contributed by atoms with Crippen molar-refractivity contribution in [2.24, 2.45) is 0 Å². The van der Waals surface area contributed by atoms with Gasteiger partial charge in [0.1, 0.15) is 4.83 Å². The fraction of sp³-hybridized carbons (Fsp3) is 0.250. The van der Waals surface area contributed by atoms with Crippen LogP contribution in [0.15, 0.2) is 47.1 Å². The molecule has 0 spiro atoms. The van der Waals surface area contributed by atoms with E-state index < -0.39 is 0 Å². The van der Waals surface area contributed by atoms with Gasteiger partial charge in [0, 0.05) is 25.4 Å². The maximum atomic E-state index is 12.2. The Morgan fingerprint density at radius 1 is 1.43 bits per heavy atom. The summed E-state index contributed by atoms with van der Waals surface area (Å²) >= 11 is 1.43. The highest BCUT2D eigenvalue weighted by molar-refractivity contribution is 7.16. The molecule has 0 aromatic carbocycles. The summed E-state index contributed by atoms with van der Waals surface area (Å²) in [6, 6.07) is 5.39. The van der Waals surface area contributed by atoms with Crippen LogP contribution in [0.5, 0.6) is 0 Å². The maximum Gasteiger partial charge on any atom is 0.262 e. The van der Waals surface area contributed by atoms with Crippen molar-refractivity contribution in [3.8, 4) is 0 Å². The molecule has 1 atom stereocenters. The van der Waals surface area contributed by atoms with Crippen LogP contribution in [-0.4, -0.2) is 20.4 Å². The number of amides is 1. The Balaban J connectivity index is 1.62. The monoisotopic (exact) mass is 328 g/mol. The van der Waals surface area contributed by atoms with Gasteiger partial charge in [-0.15, -0.1) is 11.3 Å². The predicted octanol–water partition coefficient (Wildman–Crippen LogP) is 2.12. The molecule has 0 aliphatic heterocycles. The van der Waals surface area contributed by atoms with E-state index >= 15 is 0 Å². The first kappa shape index (κ1) is 15.4. The van der Waals surface area contributed by atoms with Crippen molar-refractivity contribution < 1.29 is 4.79 Å². The van der Waals surface area contributed by atoms with Crippen LogP contribution in [0.1, 0.15) is 24.9 Å². The Labute approximate surface area is 136 Å². The molecule has 0 saturated heterocycles. The topological polar surface area (TPSA) is 76.9 Å². The van der Waals surface area contributed by atoms with Gasteiger partial charge in [-0.1, -0.05) is 6.07 Å². The molecule has 0 saturated carbocycles. The van der Waals surface area contributed by atoms with Crippen molar-refractivity contribution in [2.45, 2.75) is 25.9 Å². The molecule has 118 valence electrons. The molecule has 6 nitrogen and oxygen atoms in total. The second-order valence-electron chi connectivity index (χ2n) is 5.21. The van der Waals surface area contributed by atoms with Gasteiger partial charge in [0.25, 0.3) is 5.56 Å². The van der Waals surface area contributed by atoms with Crippen LogP contribution >= 0.6 is 11.3 Å². The average Bonchev–Trinajstić information content (AvgIpc) is 3.04.